The highest BCUT2D eigenvalue weighted by atomic mass is 79.9. The summed E-state index contributed by atoms with van der Waals surface area (Å²) in [7, 11) is 3.74. The molecule has 0 spiro atoms. The van der Waals surface area contributed by atoms with Gasteiger partial charge in [-0.2, -0.15) is 0 Å². The van der Waals surface area contributed by atoms with Crippen molar-refractivity contribution in [1.82, 2.24) is 0 Å². The second-order valence-electron chi connectivity index (χ2n) is 4.87. The van der Waals surface area contributed by atoms with Crippen LogP contribution in [0.3, 0.4) is 0 Å². The molecule has 4 nitrogen and oxygen atoms in total. The van der Waals surface area contributed by atoms with Crippen molar-refractivity contribution in [3.63, 3.8) is 0 Å². The maximum absolute atomic E-state index is 12.2. The minimum atomic E-state index is -0.381. The van der Waals surface area contributed by atoms with Crippen LogP contribution in [0.4, 0.5) is 11.4 Å². The van der Waals surface area contributed by atoms with E-state index < -0.39 is 0 Å². The van der Waals surface area contributed by atoms with Gasteiger partial charge in [0.2, 0.25) is 0 Å². The van der Waals surface area contributed by atoms with Crippen LogP contribution in [0.1, 0.15) is 15.9 Å². The summed E-state index contributed by atoms with van der Waals surface area (Å²) >= 11 is 3.37. The number of hydrogen-bond acceptors (Lipinski definition) is 4. The molecular formula is C16H17BrN2O2. The van der Waals surface area contributed by atoms with Crippen molar-refractivity contribution in [2.45, 2.75) is 6.61 Å². The van der Waals surface area contributed by atoms with Gasteiger partial charge in [0, 0.05) is 24.3 Å². The number of halogens is 1. The molecule has 2 aromatic carbocycles. The number of ether oxygens (including phenoxy) is 1. The predicted octanol–water partition coefficient (Wildman–Crippen LogP) is 3.45. The minimum Gasteiger partial charge on any atom is -0.457 e. The summed E-state index contributed by atoms with van der Waals surface area (Å²) in [6.07, 6.45) is 0. The summed E-state index contributed by atoms with van der Waals surface area (Å²) in [6, 6.07) is 12.8. The molecule has 0 bridgehead atoms. The van der Waals surface area contributed by atoms with Gasteiger partial charge in [-0.25, -0.2) is 4.79 Å². The Labute approximate surface area is 132 Å². The van der Waals surface area contributed by atoms with Crippen LogP contribution in [-0.4, -0.2) is 20.1 Å². The molecule has 0 heterocycles. The Balaban J connectivity index is 2.13. The lowest BCUT2D eigenvalue weighted by Gasteiger charge is -2.17. The summed E-state index contributed by atoms with van der Waals surface area (Å²) in [4.78, 5) is 14.1. The molecule has 0 saturated carbocycles. The van der Waals surface area contributed by atoms with Crippen LogP contribution in [0.15, 0.2) is 46.9 Å². The third-order valence-corrected chi connectivity index (χ3v) is 3.53. The molecule has 0 aromatic heterocycles. The largest absolute Gasteiger partial charge is 0.457 e. The van der Waals surface area contributed by atoms with E-state index in [2.05, 4.69) is 15.9 Å². The molecule has 0 saturated heterocycles. The fourth-order valence-corrected chi connectivity index (χ4v) is 2.18. The molecular weight excluding hydrogens is 332 g/mol. The monoisotopic (exact) mass is 348 g/mol. The number of rotatable bonds is 4. The fraction of sp³-hybridized carbons (Fsp3) is 0.188. The number of nitrogen functional groups attached to an aromatic ring is 1. The molecule has 0 unspecified atom stereocenters. The van der Waals surface area contributed by atoms with Gasteiger partial charge in [-0.1, -0.05) is 28.1 Å². The van der Waals surface area contributed by atoms with E-state index in [0.717, 1.165) is 15.7 Å². The zero-order valence-corrected chi connectivity index (χ0v) is 13.6. The van der Waals surface area contributed by atoms with Gasteiger partial charge in [0.25, 0.3) is 0 Å². The molecule has 5 heteroatoms. The van der Waals surface area contributed by atoms with Gasteiger partial charge in [0.1, 0.15) is 6.61 Å². The lowest BCUT2D eigenvalue weighted by Crippen LogP contribution is -2.15. The van der Waals surface area contributed by atoms with E-state index in [4.69, 9.17) is 10.5 Å². The number of hydrogen-bond donors (Lipinski definition) is 1. The number of carbonyl (C=O) groups is 1. The molecule has 0 atom stereocenters. The highest BCUT2D eigenvalue weighted by Gasteiger charge is 2.15. The molecule has 0 aliphatic carbocycles. The minimum absolute atomic E-state index is 0.230. The summed E-state index contributed by atoms with van der Waals surface area (Å²) in [5, 5.41) is 0. The first-order valence-electron chi connectivity index (χ1n) is 6.46. The van der Waals surface area contributed by atoms with E-state index in [-0.39, 0.29) is 12.6 Å². The van der Waals surface area contributed by atoms with E-state index >= 15 is 0 Å². The summed E-state index contributed by atoms with van der Waals surface area (Å²) in [5.74, 6) is -0.381. The van der Waals surface area contributed by atoms with Gasteiger partial charge in [-0.05, 0) is 35.9 Å². The average Bonchev–Trinajstić information content (AvgIpc) is 2.46. The van der Waals surface area contributed by atoms with E-state index in [1.165, 1.54) is 0 Å². The Morgan fingerprint density at radius 1 is 1.19 bits per heavy atom. The van der Waals surface area contributed by atoms with Crippen LogP contribution in [0.25, 0.3) is 0 Å². The Morgan fingerprint density at radius 3 is 2.48 bits per heavy atom. The van der Waals surface area contributed by atoms with Crippen molar-refractivity contribution in [3.8, 4) is 0 Å². The molecule has 0 aliphatic rings. The topological polar surface area (TPSA) is 55.6 Å². The first-order chi connectivity index (χ1) is 9.97. The van der Waals surface area contributed by atoms with E-state index in [1.807, 2.05) is 49.3 Å². The summed E-state index contributed by atoms with van der Waals surface area (Å²) < 4.78 is 6.35. The van der Waals surface area contributed by atoms with Gasteiger partial charge in [0.05, 0.1) is 11.3 Å². The first-order valence-corrected chi connectivity index (χ1v) is 7.25. The SMILES string of the molecule is CN(C)c1ccc(N)cc1C(=O)OCc1ccc(Br)cc1. The smallest absolute Gasteiger partial charge is 0.340 e. The number of carbonyl (C=O) groups excluding carboxylic acids is 1. The second kappa shape index (κ2) is 6.63. The Morgan fingerprint density at radius 2 is 1.86 bits per heavy atom. The number of anilines is 2. The van der Waals surface area contributed by atoms with Crippen molar-refractivity contribution in [3.05, 3.63) is 58.1 Å². The van der Waals surface area contributed by atoms with Crippen LogP contribution >= 0.6 is 15.9 Å². The summed E-state index contributed by atoms with van der Waals surface area (Å²) in [5.41, 5.74) is 8.48. The quantitative estimate of drug-likeness (QED) is 0.679. The molecule has 21 heavy (non-hydrogen) atoms. The highest BCUT2D eigenvalue weighted by molar-refractivity contribution is 9.10. The molecule has 0 fully saturated rings. The highest BCUT2D eigenvalue weighted by Crippen LogP contribution is 2.22. The second-order valence-corrected chi connectivity index (χ2v) is 5.79. The van der Waals surface area contributed by atoms with E-state index in [1.54, 1.807) is 12.1 Å². The molecule has 2 N–H and O–H groups in total. The van der Waals surface area contributed by atoms with Crippen LogP contribution < -0.4 is 10.6 Å². The maximum Gasteiger partial charge on any atom is 0.340 e. The Kier molecular flexibility index (Phi) is 4.85. The van der Waals surface area contributed by atoms with Crippen LogP contribution in [0.2, 0.25) is 0 Å². The number of benzene rings is 2. The molecule has 2 aromatic rings. The molecule has 110 valence electrons. The van der Waals surface area contributed by atoms with Crippen LogP contribution in [0, 0.1) is 0 Å². The van der Waals surface area contributed by atoms with Gasteiger partial charge < -0.3 is 15.4 Å². The number of nitrogens with two attached hydrogens (primary N) is 1. The Hall–Kier alpha value is -2.01. The number of esters is 1. The molecule has 0 radical (unpaired) electrons. The third kappa shape index (κ3) is 3.98. The maximum atomic E-state index is 12.2. The average molecular weight is 349 g/mol. The lowest BCUT2D eigenvalue weighted by molar-refractivity contribution is 0.0473. The third-order valence-electron chi connectivity index (χ3n) is 3.01. The lowest BCUT2D eigenvalue weighted by atomic mass is 10.1. The van der Waals surface area contributed by atoms with Crippen molar-refractivity contribution < 1.29 is 9.53 Å². The van der Waals surface area contributed by atoms with Crippen LogP contribution in [0.5, 0.6) is 0 Å². The van der Waals surface area contributed by atoms with Crippen LogP contribution in [-0.2, 0) is 11.3 Å². The summed E-state index contributed by atoms with van der Waals surface area (Å²) in [6.45, 7) is 0.230. The van der Waals surface area contributed by atoms with Crippen molar-refractivity contribution in [2.75, 3.05) is 24.7 Å². The molecule has 0 amide bonds. The standard InChI is InChI=1S/C16H17BrN2O2/c1-19(2)15-8-7-13(18)9-14(15)16(20)21-10-11-3-5-12(17)6-4-11/h3-9H,10,18H2,1-2H3. The zero-order valence-electron chi connectivity index (χ0n) is 12.0. The molecule has 0 aliphatic heterocycles. The van der Waals surface area contributed by atoms with Crippen molar-refractivity contribution in [1.29, 1.82) is 0 Å². The normalized spacial score (nSPS) is 10.2. The van der Waals surface area contributed by atoms with Gasteiger partial charge in [0.15, 0.2) is 0 Å². The molecule has 2 rings (SSSR count). The number of nitrogens with zero attached hydrogens (tertiary/aromatic N) is 1. The van der Waals surface area contributed by atoms with E-state index in [9.17, 15) is 4.79 Å². The van der Waals surface area contributed by atoms with Crippen molar-refractivity contribution >= 4 is 33.3 Å². The predicted molar refractivity (Wildman–Crippen MR) is 88.4 cm³/mol. The van der Waals surface area contributed by atoms with Gasteiger partial charge in [-0.3, -0.25) is 0 Å². The zero-order chi connectivity index (χ0) is 15.4. The Bertz CT molecular complexity index is 639. The van der Waals surface area contributed by atoms with Gasteiger partial charge in [-0.15, -0.1) is 0 Å². The van der Waals surface area contributed by atoms with E-state index in [0.29, 0.717) is 11.3 Å². The van der Waals surface area contributed by atoms with Gasteiger partial charge >= 0.3 is 5.97 Å². The van der Waals surface area contributed by atoms with Crippen molar-refractivity contribution in [2.24, 2.45) is 0 Å². The fourth-order valence-electron chi connectivity index (χ4n) is 1.91. The first kappa shape index (κ1) is 15.4.